The highest BCUT2D eigenvalue weighted by Gasteiger charge is 2.17. The van der Waals surface area contributed by atoms with Crippen LogP contribution in [-0.4, -0.2) is 27.6 Å². The van der Waals surface area contributed by atoms with Crippen LogP contribution in [0.2, 0.25) is 0 Å². The second-order valence-corrected chi connectivity index (χ2v) is 6.30. The number of aryl methyl sites for hydroxylation is 1. The van der Waals surface area contributed by atoms with E-state index >= 15 is 0 Å². The molecule has 1 amide bonds. The van der Waals surface area contributed by atoms with Gasteiger partial charge in [0.15, 0.2) is 11.5 Å². The predicted octanol–water partition coefficient (Wildman–Crippen LogP) is 4.10. The van der Waals surface area contributed by atoms with E-state index in [0.29, 0.717) is 34.0 Å². The van der Waals surface area contributed by atoms with E-state index in [-0.39, 0.29) is 11.7 Å². The molecule has 0 spiro atoms. The van der Waals surface area contributed by atoms with Crippen molar-refractivity contribution in [3.05, 3.63) is 77.7 Å². The molecule has 6 nitrogen and oxygen atoms in total. The van der Waals surface area contributed by atoms with Crippen LogP contribution in [0, 0.1) is 12.7 Å². The number of halogens is 1. The summed E-state index contributed by atoms with van der Waals surface area (Å²) in [4.78, 5) is 12.9. The summed E-state index contributed by atoms with van der Waals surface area (Å²) in [5.74, 6) is 0.439. The van der Waals surface area contributed by atoms with Crippen LogP contribution in [0.15, 0.2) is 60.8 Å². The van der Waals surface area contributed by atoms with E-state index in [2.05, 4.69) is 15.5 Å². The average Bonchev–Trinajstić information content (AvgIpc) is 3.13. The van der Waals surface area contributed by atoms with Crippen molar-refractivity contribution in [2.75, 3.05) is 12.4 Å². The minimum Gasteiger partial charge on any atom is -0.495 e. The number of amides is 1. The fourth-order valence-electron chi connectivity index (χ4n) is 3.00. The molecule has 0 radical (unpaired) electrons. The van der Waals surface area contributed by atoms with Crippen molar-refractivity contribution >= 4 is 17.2 Å². The molecular formula is C21H17FN4O2. The Hall–Kier alpha value is -3.74. The highest BCUT2D eigenvalue weighted by atomic mass is 19.1. The summed E-state index contributed by atoms with van der Waals surface area (Å²) in [5.41, 5.74) is 3.05. The van der Waals surface area contributed by atoms with Crippen LogP contribution < -0.4 is 10.1 Å². The van der Waals surface area contributed by atoms with Crippen LogP contribution >= 0.6 is 0 Å². The minimum atomic E-state index is -0.329. The molecule has 0 aliphatic carbocycles. The summed E-state index contributed by atoms with van der Waals surface area (Å²) in [7, 11) is 1.55. The average molecular weight is 376 g/mol. The smallest absolute Gasteiger partial charge is 0.259 e. The molecule has 4 aromatic rings. The van der Waals surface area contributed by atoms with Gasteiger partial charge in [-0.25, -0.2) is 4.39 Å². The van der Waals surface area contributed by atoms with Gasteiger partial charge < -0.3 is 10.1 Å². The third-order valence-corrected chi connectivity index (χ3v) is 4.38. The fraction of sp³-hybridized carbons (Fsp3) is 0.0952. The second kappa shape index (κ2) is 7.11. The van der Waals surface area contributed by atoms with Crippen LogP contribution in [0.3, 0.4) is 0 Å². The summed E-state index contributed by atoms with van der Waals surface area (Å²) in [6, 6.07) is 14.9. The zero-order valence-corrected chi connectivity index (χ0v) is 15.3. The lowest BCUT2D eigenvalue weighted by Gasteiger charge is -2.11. The summed E-state index contributed by atoms with van der Waals surface area (Å²) in [5, 5.41) is 11.2. The molecule has 0 atom stereocenters. The third kappa shape index (κ3) is 3.18. The Labute approximate surface area is 160 Å². The van der Waals surface area contributed by atoms with Gasteiger partial charge in [0, 0.05) is 11.8 Å². The Bertz CT molecular complexity index is 1170. The maximum atomic E-state index is 13.2. The Balaban J connectivity index is 1.73. The van der Waals surface area contributed by atoms with Gasteiger partial charge in [-0.1, -0.05) is 6.07 Å². The van der Waals surface area contributed by atoms with Gasteiger partial charge in [0.05, 0.1) is 18.4 Å². The molecule has 2 heterocycles. The Kier molecular flexibility index (Phi) is 4.49. The number of aromatic nitrogens is 3. The first-order valence-corrected chi connectivity index (χ1v) is 8.62. The maximum absolute atomic E-state index is 13.2. The lowest BCUT2D eigenvalue weighted by molar-refractivity contribution is 0.102. The highest BCUT2D eigenvalue weighted by Crippen LogP contribution is 2.26. The van der Waals surface area contributed by atoms with Crippen LogP contribution in [-0.2, 0) is 0 Å². The minimum absolute atomic E-state index is 0.326. The molecule has 0 fully saturated rings. The molecule has 7 heteroatoms. The molecule has 140 valence electrons. The number of anilines is 1. The van der Waals surface area contributed by atoms with Crippen molar-refractivity contribution in [1.29, 1.82) is 0 Å². The molecule has 1 N–H and O–H groups in total. The molecule has 0 saturated carbocycles. The number of hydrogen-bond acceptors (Lipinski definition) is 4. The van der Waals surface area contributed by atoms with Gasteiger partial charge in [-0.2, -0.15) is 0 Å². The molecule has 0 aliphatic rings. The fourth-order valence-corrected chi connectivity index (χ4v) is 3.00. The number of hydrogen-bond donors (Lipinski definition) is 1. The Morgan fingerprint density at radius 2 is 1.89 bits per heavy atom. The van der Waals surface area contributed by atoms with Crippen molar-refractivity contribution < 1.29 is 13.9 Å². The molecule has 0 aliphatic heterocycles. The zero-order chi connectivity index (χ0) is 19.7. The van der Waals surface area contributed by atoms with Crippen LogP contribution in [0.1, 0.15) is 15.9 Å². The van der Waals surface area contributed by atoms with E-state index in [0.717, 1.165) is 5.56 Å². The molecule has 0 bridgehead atoms. The lowest BCUT2D eigenvalue weighted by Crippen LogP contribution is -2.14. The van der Waals surface area contributed by atoms with Crippen molar-refractivity contribution in [1.82, 2.24) is 14.6 Å². The van der Waals surface area contributed by atoms with E-state index < -0.39 is 0 Å². The number of nitrogens with one attached hydrogen (secondary N) is 1. The van der Waals surface area contributed by atoms with Gasteiger partial charge in [-0.15, -0.1) is 10.2 Å². The molecule has 2 aromatic carbocycles. The molecule has 0 unspecified atom stereocenters. The first-order valence-electron chi connectivity index (χ1n) is 8.62. The Morgan fingerprint density at radius 1 is 1.11 bits per heavy atom. The van der Waals surface area contributed by atoms with E-state index in [9.17, 15) is 9.18 Å². The van der Waals surface area contributed by atoms with Crippen molar-refractivity contribution in [3.63, 3.8) is 0 Å². The number of carbonyl (C=O) groups is 1. The molecular weight excluding hydrogens is 359 g/mol. The summed E-state index contributed by atoms with van der Waals surface area (Å²) in [6.45, 7) is 1.93. The second-order valence-electron chi connectivity index (χ2n) is 6.30. The van der Waals surface area contributed by atoms with E-state index in [4.69, 9.17) is 4.74 Å². The molecule has 2 aromatic heterocycles. The number of carbonyl (C=O) groups excluding carboxylic acids is 1. The number of fused-ring (bicyclic) bond motifs is 1. The van der Waals surface area contributed by atoms with Gasteiger partial charge in [0.1, 0.15) is 11.6 Å². The monoisotopic (exact) mass is 376 g/mol. The number of nitrogens with zero attached hydrogens (tertiary/aromatic N) is 3. The van der Waals surface area contributed by atoms with Crippen LogP contribution in [0.25, 0.3) is 17.0 Å². The zero-order valence-electron chi connectivity index (χ0n) is 15.3. The van der Waals surface area contributed by atoms with Gasteiger partial charge in [-0.3, -0.25) is 9.20 Å². The normalized spacial score (nSPS) is 10.8. The number of pyridine rings is 1. The van der Waals surface area contributed by atoms with Crippen LogP contribution in [0.5, 0.6) is 5.75 Å². The third-order valence-electron chi connectivity index (χ3n) is 4.38. The largest absolute Gasteiger partial charge is 0.495 e. The van der Waals surface area contributed by atoms with Crippen molar-refractivity contribution in [2.24, 2.45) is 0 Å². The lowest BCUT2D eigenvalue weighted by atomic mass is 10.2. The predicted molar refractivity (Wildman–Crippen MR) is 104 cm³/mol. The Morgan fingerprint density at radius 3 is 2.64 bits per heavy atom. The summed E-state index contributed by atoms with van der Waals surface area (Å²) < 4.78 is 20.2. The maximum Gasteiger partial charge on any atom is 0.259 e. The number of benzene rings is 2. The molecule has 28 heavy (non-hydrogen) atoms. The first kappa shape index (κ1) is 17.7. The van der Waals surface area contributed by atoms with Gasteiger partial charge in [-0.05, 0) is 61.0 Å². The molecule has 0 saturated heterocycles. The molecule has 4 rings (SSSR count). The summed E-state index contributed by atoms with van der Waals surface area (Å²) >= 11 is 0. The number of ether oxygens (including phenoxy) is 1. The van der Waals surface area contributed by atoms with Gasteiger partial charge >= 0.3 is 0 Å². The quantitative estimate of drug-likeness (QED) is 0.582. The van der Waals surface area contributed by atoms with Gasteiger partial charge in [0.2, 0.25) is 0 Å². The van der Waals surface area contributed by atoms with Crippen LogP contribution in [0.4, 0.5) is 10.1 Å². The summed E-state index contributed by atoms with van der Waals surface area (Å²) in [6.07, 6.45) is 1.76. The van der Waals surface area contributed by atoms with E-state index in [1.165, 1.54) is 12.1 Å². The first-order chi connectivity index (χ1) is 13.6. The SMILES string of the molecule is COc1ccc(C)cc1NC(=O)c1cccn2c(-c3ccc(F)cc3)nnc12. The van der Waals surface area contributed by atoms with E-state index in [1.54, 1.807) is 48.0 Å². The highest BCUT2D eigenvalue weighted by molar-refractivity contribution is 6.09. The van der Waals surface area contributed by atoms with Crippen molar-refractivity contribution in [3.8, 4) is 17.1 Å². The van der Waals surface area contributed by atoms with Gasteiger partial charge in [0.25, 0.3) is 5.91 Å². The van der Waals surface area contributed by atoms with E-state index in [1.807, 2.05) is 19.1 Å². The number of methoxy groups -OCH3 is 1. The topological polar surface area (TPSA) is 68.5 Å². The number of rotatable bonds is 4. The standard InChI is InChI=1S/C21H17FN4O2/c1-13-5-10-18(28-2)17(12-13)23-21(27)16-4-3-11-26-19(24-25-20(16)26)14-6-8-15(22)9-7-14/h3-12H,1-2H3,(H,23,27). The van der Waals surface area contributed by atoms with Crippen molar-refractivity contribution in [2.45, 2.75) is 6.92 Å².